The molecule has 1 aromatic heterocycles. The minimum Gasteiger partial charge on any atom is -0.493 e. The Morgan fingerprint density at radius 3 is 2.69 bits per heavy atom. The number of ether oxygens (including phenoxy) is 4. The lowest BCUT2D eigenvalue weighted by Gasteiger charge is -2.26. The summed E-state index contributed by atoms with van der Waals surface area (Å²) >= 11 is 0. The summed E-state index contributed by atoms with van der Waals surface area (Å²) < 4.78 is 22.9. The minimum atomic E-state index is 0.0364. The molecular formula is C26H30N4O5. The number of rotatable bonds is 8. The van der Waals surface area contributed by atoms with Gasteiger partial charge in [0, 0.05) is 42.8 Å². The van der Waals surface area contributed by atoms with E-state index in [1.807, 2.05) is 25.1 Å². The molecule has 4 rings (SSSR count). The third-order valence-electron chi connectivity index (χ3n) is 5.76. The van der Waals surface area contributed by atoms with Crippen LogP contribution in [0.2, 0.25) is 0 Å². The van der Waals surface area contributed by atoms with Crippen molar-refractivity contribution >= 4 is 35.1 Å². The first-order valence-corrected chi connectivity index (χ1v) is 11.4. The third kappa shape index (κ3) is 5.63. The summed E-state index contributed by atoms with van der Waals surface area (Å²) in [6.45, 7) is 8.27. The number of nitrogens with one attached hydrogen (secondary N) is 1. The van der Waals surface area contributed by atoms with E-state index < -0.39 is 0 Å². The Hall–Kier alpha value is -3.85. The van der Waals surface area contributed by atoms with Crippen LogP contribution in [0.15, 0.2) is 46.4 Å². The molecule has 1 amide bonds. The number of amides is 1. The smallest absolute Gasteiger partial charge is 0.226 e. The molecule has 1 aliphatic heterocycles. The van der Waals surface area contributed by atoms with Gasteiger partial charge in [0.05, 0.1) is 44.6 Å². The number of benzene rings is 2. The van der Waals surface area contributed by atoms with Crippen LogP contribution in [0.5, 0.6) is 17.2 Å². The van der Waals surface area contributed by atoms with E-state index in [4.69, 9.17) is 18.9 Å². The summed E-state index contributed by atoms with van der Waals surface area (Å²) in [6.07, 6.45) is 0.258. The van der Waals surface area contributed by atoms with Gasteiger partial charge < -0.3 is 28.8 Å². The van der Waals surface area contributed by atoms with Gasteiger partial charge in [-0.25, -0.2) is 0 Å². The molecule has 0 atom stereocenters. The van der Waals surface area contributed by atoms with Crippen molar-refractivity contribution in [2.75, 3.05) is 47.1 Å². The van der Waals surface area contributed by atoms with Crippen molar-refractivity contribution in [3.05, 3.63) is 47.7 Å². The molecule has 9 heteroatoms. The number of aromatic amines is 1. The maximum absolute atomic E-state index is 12.4. The molecule has 2 aromatic carbocycles. The van der Waals surface area contributed by atoms with Crippen LogP contribution in [0.3, 0.4) is 0 Å². The number of morpholine rings is 1. The number of carbonyl (C=O) groups is 1. The van der Waals surface area contributed by atoms with Crippen LogP contribution in [0, 0.1) is 6.92 Å². The van der Waals surface area contributed by atoms with E-state index in [-0.39, 0.29) is 18.9 Å². The Balaban J connectivity index is 1.50. The standard InChI is InChI=1S/C26H30N4O5/c1-17-13-18-14-19(5-6-21(18)29-17)35-26(28-3)20-15-23(32-4)24(16-22(20)27-2)34-10-7-25(31)30-8-11-33-12-9-30/h5-6,13-16,29H,2,7-12H2,1,3-4H3/b28-26+. The first-order valence-electron chi connectivity index (χ1n) is 11.4. The van der Waals surface area contributed by atoms with Crippen molar-refractivity contribution in [1.29, 1.82) is 0 Å². The van der Waals surface area contributed by atoms with Gasteiger partial charge in [0.1, 0.15) is 5.75 Å². The molecule has 1 fully saturated rings. The molecule has 1 N–H and O–H groups in total. The van der Waals surface area contributed by atoms with Crippen LogP contribution in [0.1, 0.15) is 17.7 Å². The van der Waals surface area contributed by atoms with E-state index in [1.54, 1.807) is 31.2 Å². The lowest BCUT2D eigenvalue weighted by molar-refractivity contribution is -0.135. The van der Waals surface area contributed by atoms with E-state index in [2.05, 4.69) is 27.8 Å². The summed E-state index contributed by atoms with van der Waals surface area (Å²) in [5, 5.41) is 1.05. The maximum Gasteiger partial charge on any atom is 0.226 e. The minimum absolute atomic E-state index is 0.0364. The topological polar surface area (TPSA) is 97.7 Å². The molecule has 1 saturated heterocycles. The molecule has 184 valence electrons. The zero-order chi connectivity index (χ0) is 24.8. The van der Waals surface area contributed by atoms with Gasteiger partial charge in [0.2, 0.25) is 11.8 Å². The number of carbonyl (C=O) groups excluding carboxylic acids is 1. The molecule has 0 unspecified atom stereocenters. The highest BCUT2D eigenvalue weighted by molar-refractivity contribution is 6.01. The van der Waals surface area contributed by atoms with Crippen LogP contribution in [0.4, 0.5) is 5.69 Å². The molecule has 1 aliphatic rings. The van der Waals surface area contributed by atoms with Crippen molar-refractivity contribution in [3.63, 3.8) is 0 Å². The van der Waals surface area contributed by atoms with E-state index in [0.29, 0.717) is 60.7 Å². The van der Waals surface area contributed by atoms with E-state index in [1.165, 1.54) is 0 Å². The molecule has 0 bridgehead atoms. The van der Waals surface area contributed by atoms with E-state index in [0.717, 1.165) is 16.6 Å². The predicted octanol–water partition coefficient (Wildman–Crippen LogP) is 3.90. The first-order chi connectivity index (χ1) is 17.0. The predicted molar refractivity (Wildman–Crippen MR) is 136 cm³/mol. The van der Waals surface area contributed by atoms with Gasteiger partial charge in [0.15, 0.2) is 11.5 Å². The number of hydrogen-bond acceptors (Lipinski definition) is 7. The van der Waals surface area contributed by atoms with Gasteiger partial charge in [0.25, 0.3) is 0 Å². The monoisotopic (exact) mass is 478 g/mol. The van der Waals surface area contributed by atoms with Gasteiger partial charge >= 0.3 is 0 Å². The molecule has 35 heavy (non-hydrogen) atoms. The fourth-order valence-electron chi connectivity index (χ4n) is 3.99. The van der Waals surface area contributed by atoms with E-state index >= 15 is 0 Å². The fraction of sp³-hybridized carbons (Fsp3) is 0.346. The average molecular weight is 479 g/mol. The third-order valence-corrected chi connectivity index (χ3v) is 5.76. The highest BCUT2D eigenvalue weighted by Gasteiger charge is 2.19. The fourth-order valence-corrected chi connectivity index (χ4v) is 3.99. The van der Waals surface area contributed by atoms with Crippen LogP contribution in [-0.4, -0.2) is 75.5 Å². The largest absolute Gasteiger partial charge is 0.493 e. The number of aliphatic imine (C=N–C) groups is 2. The van der Waals surface area contributed by atoms with Crippen LogP contribution >= 0.6 is 0 Å². The second-order valence-electron chi connectivity index (χ2n) is 8.10. The lowest BCUT2D eigenvalue weighted by Crippen LogP contribution is -2.41. The van der Waals surface area contributed by atoms with Gasteiger partial charge in [-0.2, -0.15) is 0 Å². The number of H-pyrrole nitrogens is 1. The normalized spacial score (nSPS) is 14.1. The molecule has 0 saturated carbocycles. The molecule has 0 spiro atoms. The summed E-state index contributed by atoms with van der Waals surface area (Å²) in [7, 11) is 3.20. The molecule has 3 aromatic rings. The second kappa shape index (κ2) is 11.1. The van der Waals surface area contributed by atoms with Gasteiger partial charge in [-0.3, -0.25) is 14.8 Å². The number of nitrogens with zero attached hydrogens (tertiary/aromatic N) is 3. The summed E-state index contributed by atoms with van der Waals surface area (Å²) in [5.41, 5.74) is 3.25. The average Bonchev–Trinajstić information content (AvgIpc) is 3.26. The van der Waals surface area contributed by atoms with E-state index in [9.17, 15) is 4.79 Å². The molecular weight excluding hydrogens is 448 g/mol. The number of fused-ring (bicyclic) bond motifs is 1. The van der Waals surface area contributed by atoms with Crippen LogP contribution in [-0.2, 0) is 9.53 Å². The van der Waals surface area contributed by atoms with Crippen LogP contribution in [0.25, 0.3) is 10.9 Å². The highest BCUT2D eigenvalue weighted by Crippen LogP contribution is 2.36. The lowest BCUT2D eigenvalue weighted by atomic mass is 10.1. The number of aromatic nitrogens is 1. The Bertz CT molecular complexity index is 1240. The van der Waals surface area contributed by atoms with Crippen molar-refractivity contribution in [3.8, 4) is 17.2 Å². The SMILES string of the molecule is C=Nc1cc(OCCC(=O)N2CCOCC2)c(OC)cc1/C(=N\C)Oc1ccc2[nH]c(C)cc2c1. The van der Waals surface area contributed by atoms with Gasteiger partial charge in [-0.05, 0) is 44.0 Å². The van der Waals surface area contributed by atoms with Crippen molar-refractivity contribution < 1.29 is 23.7 Å². The van der Waals surface area contributed by atoms with Crippen molar-refractivity contribution in [2.24, 2.45) is 9.98 Å². The molecule has 9 nitrogen and oxygen atoms in total. The molecule has 0 aliphatic carbocycles. The Kier molecular flexibility index (Phi) is 7.67. The maximum atomic E-state index is 12.4. The number of aryl methyl sites for hydroxylation is 1. The zero-order valence-corrected chi connectivity index (χ0v) is 20.3. The first kappa shape index (κ1) is 24.3. The summed E-state index contributed by atoms with van der Waals surface area (Å²) in [5.74, 6) is 1.99. The highest BCUT2D eigenvalue weighted by atomic mass is 16.5. The Morgan fingerprint density at radius 1 is 1.17 bits per heavy atom. The second-order valence-corrected chi connectivity index (χ2v) is 8.10. The number of hydrogen-bond donors (Lipinski definition) is 1. The molecule has 0 radical (unpaired) electrons. The molecule has 2 heterocycles. The van der Waals surface area contributed by atoms with Gasteiger partial charge in [-0.15, -0.1) is 0 Å². The van der Waals surface area contributed by atoms with Gasteiger partial charge in [-0.1, -0.05) is 0 Å². The summed E-state index contributed by atoms with van der Waals surface area (Å²) in [4.78, 5) is 26.0. The van der Waals surface area contributed by atoms with Crippen molar-refractivity contribution in [2.45, 2.75) is 13.3 Å². The van der Waals surface area contributed by atoms with Crippen molar-refractivity contribution in [1.82, 2.24) is 9.88 Å². The van der Waals surface area contributed by atoms with Crippen LogP contribution < -0.4 is 14.2 Å². The Morgan fingerprint density at radius 2 is 1.97 bits per heavy atom. The Labute approximate surface area is 204 Å². The quantitative estimate of drug-likeness (QED) is 0.391. The summed E-state index contributed by atoms with van der Waals surface area (Å²) in [6, 6.07) is 11.3. The number of methoxy groups -OCH3 is 1. The zero-order valence-electron chi connectivity index (χ0n) is 20.3.